The van der Waals surface area contributed by atoms with Crippen LogP contribution in [0.2, 0.25) is 0 Å². The average Bonchev–Trinajstić information content (AvgIpc) is 3.13. The van der Waals surface area contributed by atoms with E-state index in [0.717, 1.165) is 0 Å². The molecule has 3 aromatic rings. The van der Waals surface area contributed by atoms with Crippen molar-refractivity contribution in [3.05, 3.63) is 75.3 Å². The second-order valence-corrected chi connectivity index (χ2v) is 6.49. The molecule has 0 spiro atoms. The Labute approximate surface area is 153 Å². The molecule has 1 N–H and O–H groups in total. The van der Waals surface area contributed by atoms with Gasteiger partial charge in [0.25, 0.3) is 11.6 Å². The van der Waals surface area contributed by atoms with E-state index in [9.17, 15) is 20.0 Å². The third kappa shape index (κ3) is 3.70. The Morgan fingerprint density at radius 2 is 1.92 bits per heavy atom. The van der Waals surface area contributed by atoms with Gasteiger partial charge in [0, 0.05) is 42.2 Å². The van der Waals surface area contributed by atoms with E-state index in [2.05, 4.69) is 4.98 Å². The summed E-state index contributed by atoms with van der Waals surface area (Å²) in [6.45, 7) is 0.260. The van der Waals surface area contributed by atoms with Crippen LogP contribution in [0.1, 0.15) is 16.1 Å². The van der Waals surface area contributed by atoms with Crippen molar-refractivity contribution in [1.29, 1.82) is 0 Å². The Hall–Kier alpha value is -3.26. The molecule has 2 aromatic carbocycles. The van der Waals surface area contributed by atoms with Crippen LogP contribution in [0.4, 0.5) is 5.69 Å². The van der Waals surface area contributed by atoms with E-state index in [-0.39, 0.29) is 23.9 Å². The Balaban J connectivity index is 1.75. The molecule has 0 bridgehead atoms. The quantitative estimate of drug-likeness (QED) is 0.546. The number of nitro groups is 1. The molecule has 0 saturated carbocycles. The van der Waals surface area contributed by atoms with Crippen LogP contribution < -0.4 is 0 Å². The van der Waals surface area contributed by atoms with E-state index < -0.39 is 4.92 Å². The molecule has 0 unspecified atom stereocenters. The Bertz CT molecular complexity index is 953. The van der Waals surface area contributed by atoms with E-state index >= 15 is 0 Å². The second kappa shape index (κ2) is 7.32. The van der Waals surface area contributed by atoms with E-state index in [1.807, 2.05) is 0 Å². The topological polar surface area (TPSA) is 96.6 Å². The number of phenolic OH excluding ortho intramolecular Hbond substituents is 1. The van der Waals surface area contributed by atoms with Gasteiger partial charge >= 0.3 is 0 Å². The van der Waals surface area contributed by atoms with Gasteiger partial charge in [-0.3, -0.25) is 14.9 Å². The maximum absolute atomic E-state index is 12.5. The van der Waals surface area contributed by atoms with E-state index in [1.165, 1.54) is 28.4 Å². The molecule has 0 aliphatic heterocycles. The zero-order valence-corrected chi connectivity index (χ0v) is 14.6. The lowest BCUT2D eigenvalue weighted by Gasteiger charge is -2.16. The standard InChI is InChI=1S/C18H15N3O4S/c1-20(10-13-4-2-3-5-16(13)22)18(23)15-11-26-17(19-15)12-6-8-14(9-7-12)21(24)25/h2-9,11,22H,10H2,1H3. The van der Waals surface area contributed by atoms with Crippen molar-refractivity contribution >= 4 is 22.9 Å². The van der Waals surface area contributed by atoms with Gasteiger partial charge in [-0.15, -0.1) is 11.3 Å². The molecule has 7 nitrogen and oxygen atoms in total. The maximum atomic E-state index is 12.5. The van der Waals surface area contributed by atoms with Gasteiger partial charge in [-0.05, 0) is 18.2 Å². The van der Waals surface area contributed by atoms with Crippen LogP contribution in [0, 0.1) is 10.1 Å². The fourth-order valence-electron chi connectivity index (χ4n) is 2.40. The number of aromatic nitrogens is 1. The van der Waals surface area contributed by atoms with Crippen LogP contribution >= 0.6 is 11.3 Å². The van der Waals surface area contributed by atoms with Crippen molar-refractivity contribution in [1.82, 2.24) is 9.88 Å². The summed E-state index contributed by atoms with van der Waals surface area (Å²) in [5.74, 6) is -0.130. The molecule has 1 amide bonds. The van der Waals surface area contributed by atoms with Crippen LogP contribution in [-0.2, 0) is 6.54 Å². The molecule has 1 heterocycles. The minimum Gasteiger partial charge on any atom is -0.508 e. The predicted octanol–water partition coefficient (Wildman–Crippen LogP) is 3.70. The maximum Gasteiger partial charge on any atom is 0.273 e. The molecule has 0 radical (unpaired) electrons. The lowest BCUT2D eigenvalue weighted by atomic mass is 10.2. The highest BCUT2D eigenvalue weighted by molar-refractivity contribution is 7.13. The van der Waals surface area contributed by atoms with Gasteiger partial charge in [-0.2, -0.15) is 0 Å². The lowest BCUT2D eigenvalue weighted by molar-refractivity contribution is -0.384. The molecule has 8 heteroatoms. The average molecular weight is 369 g/mol. The summed E-state index contributed by atoms with van der Waals surface area (Å²) in [7, 11) is 1.64. The molecule has 0 aliphatic carbocycles. The molecule has 0 aliphatic rings. The minimum absolute atomic E-state index is 0.00371. The van der Waals surface area contributed by atoms with Crippen molar-refractivity contribution in [2.24, 2.45) is 0 Å². The zero-order chi connectivity index (χ0) is 18.7. The molecule has 132 valence electrons. The Morgan fingerprint density at radius 1 is 1.23 bits per heavy atom. The number of amides is 1. The fraction of sp³-hybridized carbons (Fsp3) is 0.111. The summed E-state index contributed by atoms with van der Waals surface area (Å²) in [4.78, 5) is 28.6. The van der Waals surface area contributed by atoms with Crippen LogP contribution in [0.5, 0.6) is 5.75 Å². The normalized spacial score (nSPS) is 10.5. The number of carbonyl (C=O) groups is 1. The first-order valence-corrected chi connectivity index (χ1v) is 8.56. The van der Waals surface area contributed by atoms with Crippen molar-refractivity contribution in [3.63, 3.8) is 0 Å². The first kappa shape index (κ1) is 17.6. The second-order valence-electron chi connectivity index (χ2n) is 5.63. The van der Waals surface area contributed by atoms with Gasteiger partial charge in [-0.1, -0.05) is 18.2 Å². The highest BCUT2D eigenvalue weighted by atomic mass is 32.1. The summed E-state index contributed by atoms with van der Waals surface area (Å²) >= 11 is 1.29. The third-order valence-electron chi connectivity index (χ3n) is 3.79. The molecule has 3 rings (SSSR count). The highest BCUT2D eigenvalue weighted by Crippen LogP contribution is 2.26. The predicted molar refractivity (Wildman–Crippen MR) is 98.1 cm³/mol. The van der Waals surface area contributed by atoms with Gasteiger partial charge in [-0.25, -0.2) is 4.98 Å². The number of carbonyl (C=O) groups excluding carboxylic acids is 1. The zero-order valence-electron chi connectivity index (χ0n) is 13.8. The van der Waals surface area contributed by atoms with E-state index in [0.29, 0.717) is 21.8 Å². The van der Waals surface area contributed by atoms with Gasteiger partial charge < -0.3 is 10.0 Å². The smallest absolute Gasteiger partial charge is 0.273 e. The van der Waals surface area contributed by atoms with Gasteiger partial charge in [0.15, 0.2) is 0 Å². The van der Waals surface area contributed by atoms with Gasteiger partial charge in [0.2, 0.25) is 0 Å². The number of para-hydroxylation sites is 1. The number of nitrogens with zero attached hydrogens (tertiary/aromatic N) is 3. The molecular weight excluding hydrogens is 354 g/mol. The summed E-state index contributed by atoms with van der Waals surface area (Å²) in [5, 5.41) is 22.8. The first-order chi connectivity index (χ1) is 12.5. The number of benzene rings is 2. The highest BCUT2D eigenvalue weighted by Gasteiger charge is 2.17. The third-order valence-corrected chi connectivity index (χ3v) is 4.69. The monoisotopic (exact) mass is 369 g/mol. The van der Waals surface area contributed by atoms with Crippen molar-refractivity contribution in [2.75, 3.05) is 7.05 Å². The van der Waals surface area contributed by atoms with Gasteiger partial charge in [0.05, 0.1) is 4.92 Å². The summed E-state index contributed by atoms with van der Waals surface area (Å²) in [5.41, 5.74) is 1.66. The van der Waals surface area contributed by atoms with Crippen LogP contribution in [0.25, 0.3) is 10.6 Å². The number of aromatic hydroxyl groups is 1. The molecular formula is C18H15N3O4S. The van der Waals surface area contributed by atoms with E-state index in [1.54, 1.807) is 48.8 Å². The van der Waals surface area contributed by atoms with Crippen LogP contribution in [0.15, 0.2) is 53.9 Å². The molecule has 0 fully saturated rings. The summed E-state index contributed by atoms with van der Waals surface area (Å²) in [6.07, 6.45) is 0. The Morgan fingerprint density at radius 3 is 2.58 bits per heavy atom. The van der Waals surface area contributed by atoms with Crippen LogP contribution in [-0.4, -0.2) is 32.9 Å². The van der Waals surface area contributed by atoms with Crippen molar-refractivity contribution in [3.8, 4) is 16.3 Å². The fourth-order valence-corrected chi connectivity index (χ4v) is 3.20. The van der Waals surface area contributed by atoms with Crippen molar-refractivity contribution in [2.45, 2.75) is 6.54 Å². The first-order valence-electron chi connectivity index (χ1n) is 7.68. The van der Waals surface area contributed by atoms with E-state index in [4.69, 9.17) is 0 Å². The number of hydrogen-bond donors (Lipinski definition) is 1. The van der Waals surface area contributed by atoms with Crippen molar-refractivity contribution < 1.29 is 14.8 Å². The van der Waals surface area contributed by atoms with Crippen LogP contribution in [0.3, 0.4) is 0 Å². The largest absolute Gasteiger partial charge is 0.508 e. The van der Waals surface area contributed by atoms with Gasteiger partial charge in [0.1, 0.15) is 16.5 Å². The number of nitro benzene ring substituents is 1. The number of non-ortho nitro benzene ring substituents is 1. The summed E-state index contributed by atoms with van der Waals surface area (Å²) in [6, 6.07) is 12.9. The number of rotatable bonds is 5. The SMILES string of the molecule is CN(Cc1ccccc1O)C(=O)c1csc(-c2ccc([N+](=O)[O-])cc2)n1. The minimum atomic E-state index is -0.464. The number of thiazole rings is 1. The molecule has 1 aromatic heterocycles. The number of hydrogen-bond acceptors (Lipinski definition) is 6. The number of phenols is 1. The molecule has 26 heavy (non-hydrogen) atoms. The summed E-state index contributed by atoms with van der Waals surface area (Å²) < 4.78 is 0. The Kier molecular flexibility index (Phi) is 4.94. The molecule has 0 saturated heterocycles. The lowest BCUT2D eigenvalue weighted by Crippen LogP contribution is -2.26. The molecule has 0 atom stereocenters.